The highest BCUT2D eigenvalue weighted by atomic mass is 15.3. The predicted molar refractivity (Wildman–Crippen MR) is 103 cm³/mol. The van der Waals surface area contributed by atoms with E-state index in [1.54, 1.807) is 0 Å². The molecule has 0 atom stereocenters. The lowest BCUT2D eigenvalue weighted by Gasteiger charge is -2.11. The fraction of sp³-hybridized carbons (Fsp3) is 0.368. The summed E-state index contributed by atoms with van der Waals surface area (Å²) < 4.78 is 1.94. The summed E-state index contributed by atoms with van der Waals surface area (Å²) in [6, 6.07) is 10.4. The SMILES string of the molecule is CN=C(NCCCc1c[nH]c2ccccc12)NCCCn1cccn1. The van der Waals surface area contributed by atoms with E-state index in [2.05, 4.69) is 56.2 Å². The normalized spacial score (nSPS) is 11.8. The van der Waals surface area contributed by atoms with E-state index in [1.165, 1.54) is 16.5 Å². The molecule has 2 aromatic heterocycles. The average molecular weight is 338 g/mol. The van der Waals surface area contributed by atoms with E-state index in [0.717, 1.165) is 44.9 Å². The fourth-order valence-corrected chi connectivity index (χ4v) is 2.93. The van der Waals surface area contributed by atoms with Gasteiger partial charge in [0.05, 0.1) is 0 Å². The lowest BCUT2D eigenvalue weighted by molar-refractivity contribution is 0.570. The molecule has 0 aliphatic rings. The van der Waals surface area contributed by atoms with Crippen molar-refractivity contribution in [1.29, 1.82) is 0 Å². The molecule has 0 saturated heterocycles. The molecule has 0 bridgehead atoms. The minimum Gasteiger partial charge on any atom is -0.361 e. The molecule has 0 spiro atoms. The Morgan fingerprint density at radius 1 is 1.16 bits per heavy atom. The number of nitrogens with zero attached hydrogens (tertiary/aromatic N) is 3. The maximum atomic E-state index is 4.27. The molecule has 6 nitrogen and oxygen atoms in total. The quantitative estimate of drug-likeness (QED) is 0.336. The van der Waals surface area contributed by atoms with E-state index in [-0.39, 0.29) is 0 Å². The summed E-state index contributed by atoms with van der Waals surface area (Å²) in [6.45, 7) is 2.69. The molecular formula is C19H26N6. The first-order chi connectivity index (χ1) is 12.4. The Balaban J connectivity index is 1.34. The van der Waals surface area contributed by atoms with Crippen LogP contribution in [0.1, 0.15) is 18.4 Å². The van der Waals surface area contributed by atoms with Gasteiger partial charge < -0.3 is 15.6 Å². The van der Waals surface area contributed by atoms with Crippen molar-refractivity contribution in [1.82, 2.24) is 25.4 Å². The highest BCUT2D eigenvalue weighted by Crippen LogP contribution is 2.18. The van der Waals surface area contributed by atoms with Gasteiger partial charge in [0.15, 0.2) is 5.96 Å². The Morgan fingerprint density at radius 3 is 2.80 bits per heavy atom. The number of rotatable bonds is 8. The van der Waals surface area contributed by atoms with Gasteiger partial charge in [-0.2, -0.15) is 5.10 Å². The molecule has 3 aromatic rings. The first kappa shape index (κ1) is 17.1. The van der Waals surface area contributed by atoms with Crippen LogP contribution in [0.3, 0.4) is 0 Å². The molecule has 3 N–H and O–H groups in total. The molecule has 0 amide bonds. The standard InChI is InChI=1S/C19H26N6/c1-20-19(22-11-5-13-25-14-6-12-24-25)21-10-4-7-16-15-23-18-9-3-2-8-17(16)18/h2-3,6,8-9,12,14-15,23H,4-5,7,10-11,13H2,1H3,(H2,20,21,22). The number of hydrogen-bond acceptors (Lipinski definition) is 2. The van der Waals surface area contributed by atoms with E-state index >= 15 is 0 Å². The second-order valence-corrected chi connectivity index (χ2v) is 6.01. The molecule has 0 saturated carbocycles. The molecule has 0 radical (unpaired) electrons. The summed E-state index contributed by atoms with van der Waals surface area (Å²) in [5, 5.41) is 12.2. The third-order valence-corrected chi connectivity index (χ3v) is 4.23. The topological polar surface area (TPSA) is 70.0 Å². The van der Waals surface area contributed by atoms with Crippen LogP contribution in [0.5, 0.6) is 0 Å². The maximum absolute atomic E-state index is 4.27. The van der Waals surface area contributed by atoms with E-state index in [0.29, 0.717) is 0 Å². The van der Waals surface area contributed by atoms with Crippen LogP contribution >= 0.6 is 0 Å². The highest BCUT2D eigenvalue weighted by Gasteiger charge is 2.03. The number of aromatic amines is 1. The lowest BCUT2D eigenvalue weighted by Crippen LogP contribution is -2.38. The molecule has 132 valence electrons. The van der Waals surface area contributed by atoms with Crippen molar-refractivity contribution in [2.24, 2.45) is 4.99 Å². The summed E-state index contributed by atoms with van der Waals surface area (Å²) >= 11 is 0. The number of para-hydroxylation sites is 1. The zero-order valence-electron chi connectivity index (χ0n) is 14.7. The van der Waals surface area contributed by atoms with Gasteiger partial charge in [0.1, 0.15) is 0 Å². The molecule has 0 fully saturated rings. The van der Waals surface area contributed by atoms with Crippen molar-refractivity contribution in [2.45, 2.75) is 25.8 Å². The van der Waals surface area contributed by atoms with Crippen LogP contribution in [0.2, 0.25) is 0 Å². The number of hydrogen-bond donors (Lipinski definition) is 3. The first-order valence-electron chi connectivity index (χ1n) is 8.84. The second kappa shape index (κ2) is 8.92. The number of guanidine groups is 1. The molecular weight excluding hydrogens is 312 g/mol. The molecule has 3 rings (SSSR count). The molecule has 0 unspecified atom stereocenters. The van der Waals surface area contributed by atoms with Gasteiger partial charge in [0.25, 0.3) is 0 Å². The number of aromatic nitrogens is 3. The van der Waals surface area contributed by atoms with Gasteiger partial charge in [-0.05, 0) is 37.0 Å². The van der Waals surface area contributed by atoms with Crippen molar-refractivity contribution < 1.29 is 0 Å². The minimum atomic E-state index is 0.861. The number of fused-ring (bicyclic) bond motifs is 1. The van der Waals surface area contributed by atoms with Gasteiger partial charge in [0.2, 0.25) is 0 Å². The Hall–Kier alpha value is -2.76. The second-order valence-electron chi connectivity index (χ2n) is 6.01. The monoisotopic (exact) mass is 338 g/mol. The number of nitrogens with one attached hydrogen (secondary N) is 3. The van der Waals surface area contributed by atoms with E-state index in [9.17, 15) is 0 Å². The number of aliphatic imine (C=N–C) groups is 1. The highest BCUT2D eigenvalue weighted by molar-refractivity contribution is 5.83. The van der Waals surface area contributed by atoms with Gasteiger partial charge in [0, 0.05) is 56.2 Å². The maximum Gasteiger partial charge on any atom is 0.190 e. The van der Waals surface area contributed by atoms with Crippen LogP contribution < -0.4 is 10.6 Å². The molecule has 2 heterocycles. The van der Waals surface area contributed by atoms with E-state index in [4.69, 9.17) is 0 Å². The summed E-state index contributed by atoms with van der Waals surface area (Å²) in [5.74, 6) is 0.861. The lowest BCUT2D eigenvalue weighted by atomic mass is 10.1. The molecule has 0 aliphatic carbocycles. The van der Waals surface area contributed by atoms with E-state index < -0.39 is 0 Å². The van der Waals surface area contributed by atoms with Crippen LogP contribution in [0.25, 0.3) is 10.9 Å². The zero-order chi connectivity index (χ0) is 17.3. The average Bonchev–Trinajstić information content (AvgIpc) is 3.30. The van der Waals surface area contributed by atoms with E-state index in [1.807, 2.05) is 30.2 Å². The van der Waals surface area contributed by atoms with Crippen LogP contribution in [0.15, 0.2) is 53.9 Å². The zero-order valence-corrected chi connectivity index (χ0v) is 14.7. The minimum absolute atomic E-state index is 0.861. The number of benzene rings is 1. The van der Waals surface area contributed by atoms with Crippen LogP contribution in [-0.2, 0) is 13.0 Å². The fourth-order valence-electron chi connectivity index (χ4n) is 2.93. The van der Waals surface area contributed by atoms with Gasteiger partial charge in [-0.15, -0.1) is 0 Å². The van der Waals surface area contributed by atoms with Crippen molar-refractivity contribution in [2.75, 3.05) is 20.1 Å². The number of H-pyrrole nitrogens is 1. The summed E-state index contributed by atoms with van der Waals surface area (Å²) in [5.41, 5.74) is 2.58. The third kappa shape index (κ3) is 4.86. The van der Waals surface area contributed by atoms with Crippen molar-refractivity contribution in [3.63, 3.8) is 0 Å². The predicted octanol–water partition coefficient (Wildman–Crippen LogP) is 2.55. The molecule has 6 heteroatoms. The van der Waals surface area contributed by atoms with Crippen LogP contribution in [0.4, 0.5) is 0 Å². The molecule has 1 aromatic carbocycles. The van der Waals surface area contributed by atoms with Crippen molar-refractivity contribution in [3.8, 4) is 0 Å². The van der Waals surface area contributed by atoms with Crippen LogP contribution in [0, 0.1) is 0 Å². The summed E-state index contributed by atoms with van der Waals surface area (Å²) in [7, 11) is 1.81. The van der Waals surface area contributed by atoms with Crippen LogP contribution in [-0.4, -0.2) is 40.9 Å². The Kier molecular flexibility index (Phi) is 6.09. The van der Waals surface area contributed by atoms with Gasteiger partial charge >= 0.3 is 0 Å². The van der Waals surface area contributed by atoms with Gasteiger partial charge in [-0.3, -0.25) is 9.67 Å². The Labute approximate surface area is 148 Å². The largest absolute Gasteiger partial charge is 0.361 e. The van der Waals surface area contributed by atoms with Crippen molar-refractivity contribution in [3.05, 3.63) is 54.5 Å². The first-order valence-corrected chi connectivity index (χ1v) is 8.84. The van der Waals surface area contributed by atoms with Gasteiger partial charge in [-0.1, -0.05) is 18.2 Å². The summed E-state index contributed by atoms with van der Waals surface area (Å²) in [6.07, 6.45) is 9.04. The van der Waals surface area contributed by atoms with Crippen molar-refractivity contribution >= 4 is 16.9 Å². The third-order valence-electron chi connectivity index (χ3n) is 4.23. The van der Waals surface area contributed by atoms with Gasteiger partial charge in [-0.25, -0.2) is 0 Å². The number of aryl methyl sites for hydroxylation is 2. The molecule has 25 heavy (non-hydrogen) atoms. The Morgan fingerprint density at radius 2 is 2.00 bits per heavy atom. The summed E-state index contributed by atoms with van der Waals surface area (Å²) in [4.78, 5) is 7.60. The smallest absolute Gasteiger partial charge is 0.190 e. The Bertz CT molecular complexity index is 787. The molecule has 0 aliphatic heterocycles.